The summed E-state index contributed by atoms with van der Waals surface area (Å²) in [6.45, 7) is 2.03. The Kier molecular flexibility index (Phi) is 5.25. The molecule has 3 rings (SSSR count). The molecule has 1 fully saturated rings. The van der Waals surface area contributed by atoms with E-state index >= 15 is 0 Å². The van der Waals surface area contributed by atoms with Crippen LogP contribution in [0.3, 0.4) is 0 Å². The summed E-state index contributed by atoms with van der Waals surface area (Å²) in [7, 11) is 0. The maximum absolute atomic E-state index is 12.2. The predicted octanol–water partition coefficient (Wildman–Crippen LogP) is 3.57. The smallest absolute Gasteiger partial charge is 0.229 e. The van der Waals surface area contributed by atoms with Crippen molar-refractivity contribution in [3.63, 3.8) is 0 Å². The van der Waals surface area contributed by atoms with Gasteiger partial charge in [0, 0.05) is 30.3 Å². The number of benzene rings is 1. The van der Waals surface area contributed by atoms with Gasteiger partial charge >= 0.3 is 0 Å². The molecule has 0 radical (unpaired) electrons. The first-order valence-electron chi connectivity index (χ1n) is 8.22. The molecule has 126 valence electrons. The van der Waals surface area contributed by atoms with Gasteiger partial charge in [0.05, 0.1) is 5.69 Å². The molecule has 2 aromatic rings. The molecule has 0 unspecified atom stereocenters. The Morgan fingerprint density at radius 2 is 1.92 bits per heavy atom. The Bertz CT molecular complexity index is 718. The maximum atomic E-state index is 12.2. The largest absolute Gasteiger partial charge is 0.352 e. The lowest BCUT2D eigenvalue weighted by atomic mass is 10.1. The number of nitrogens with one attached hydrogen (secondary N) is 2. The molecule has 2 amide bonds. The van der Waals surface area contributed by atoms with E-state index in [0.29, 0.717) is 11.7 Å². The van der Waals surface area contributed by atoms with Gasteiger partial charge in [-0.2, -0.15) is 0 Å². The molecule has 1 aromatic carbocycles. The van der Waals surface area contributed by atoms with Gasteiger partial charge in [0.15, 0.2) is 5.13 Å². The van der Waals surface area contributed by atoms with Crippen LogP contribution in [0.25, 0.3) is 11.3 Å². The average molecular weight is 343 g/mol. The van der Waals surface area contributed by atoms with Crippen molar-refractivity contribution in [2.45, 2.75) is 39.2 Å². The normalized spacial score (nSPS) is 14.5. The lowest BCUT2D eigenvalue weighted by molar-refractivity contribution is -0.120. The number of nitrogens with zero attached hydrogens (tertiary/aromatic N) is 1. The maximum Gasteiger partial charge on any atom is 0.229 e. The molecule has 1 aliphatic rings. The van der Waals surface area contributed by atoms with Crippen molar-refractivity contribution in [2.24, 2.45) is 5.92 Å². The van der Waals surface area contributed by atoms with Crippen LogP contribution >= 0.6 is 11.3 Å². The Labute approximate surface area is 145 Å². The molecule has 6 heteroatoms. The number of rotatable bonds is 5. The first-order chi connectivity index (χ1) is 11.6. The summed E-state index contributed by atoms with van der Waals surface area (Å²) in [6, 6.07) is 7.91. The van der Waals surface area contributed by atoms with E-state index in [0.717, 1.165) is 42.5 Å². The molecule has 2 N–H and O–H groups in total. The van der Waals surface area contributed by atoms with Gasteiger partial charge in [-0.15, -0.1) is 11.3 Å². The van der Waals surface area contributed by atoms with E-state index in [9.17, 15) is 9.59 Å². The minimum Gasteiger partial charge on any atom is -0.352 e. The van der Waals surface area contributed by atoms with Crippen molar-refractivity contribution < 1.29 is 9.59 Å². The molecule has 0 bridgehead atoms. The zero-order valence-electron chi connectivity index (χ0n) is 13.7. The molecule has 0 saturated heterocycles. The Hall–Kier alpha value is -2.21. The molecular weight excluding hydrogens is 322 g/mol. The third-order valence-corrected chi connectivity index (χ3v) is 5.01. The molecular formula is C18H21N3O2S. The van der Waals surface area contributed by atoms with Gasteiger partial charge < -0.3 is 10.6 Å². The second-order valence-corrected chi connectivity index (χ2v) is 6.97. The van der Waals surface area contributed by atoms with Gasteiger partial charge in [-0.05, 0) is 18.4 Å². The van der Waals surface area contributed by atoms with E-state index in [1.165, 1.54) is 18.3 Å². The van der Waals surface area contributed by atoms with Crippen molar-refractivity contribution in [3.05, 3.63) is 35.2 Å². The number of anilines is 1. The molecule has 1 heterocycles. The van der Waals surface area contributed by atoms with Crippen LogP contribution in [0.4, 0.5) is 5.13 Å². The van der Waals surface area contributed by atoms with Gasteiger partial charge in [0.2, 0.25) is 11.8 Å². The first-order valence-corrected chi connectivity index (χ1v) is 9.10. The summed E-state index contributed by atoms with van der Waals surface area (Å²) in [5.74, 6) is 0.200. The third kappa shape index (κ3) is 4.20. The number of hydrogen-bond donors (Lipinski definition) is 2. The SMILES string of the molecule is CC(=O)NCc1ccc(-c2csc(NC(=O)C3CCCC3)n2)cc1. The Morgan fingerprint density at radius 3 is 2.58 bits per heavy atom. The van der Waals surface area contributed by atoms with Gasteiger partial charge in [-0.1, -0.05) is 37.1 Å². The summed E-state index contributed by atoms with van der Waals surface area (Å²) < 4.78 is 0. The van der Waals surface area contributed by atoms with Crippen molar-refractivity contribution >= 4 is 28.3 Å². The Morgan fingerprint density at radius 1 is 1.21 bits per heavy atom. The number of carbonyl (C=O) groups is 2. The third-order valence-electron chi connectivity index (χ3n) is 4.25. The van der Waals surface area contributed by atoms with Gasteiger partial charge in [0.1, 0.15) is 0 Å². The molecule has 5 nitrogen and oxygen atoms in total. The molecule has 24 heavy (non-hydrogen) atoms. The highest BCUT2D eigenvalue weighted by molar-refractivity contribution is 7.14. The van der Waals surface area contributed by atoms with E-state index in [2.05, 4.69) is 15.6 Å². The van der Waals surface area contributed by atoms with E-state index in [1.807, 2.05) is 29.6 Å². The number of hydrogen-bond acceptors (Lipinski definition) is 4. The highest BCUT2D eigenvalue weighted by Gasteiger charge is 2.23. The van der Waals surface area contributed by atoms with Crippen molar-refractivity contribution in [1.82, 2.24) is 10.3 Å². The lowest BCUT2D eigenvalue weighted by Crippen LogP contribution is -2.20. The quantitative estimate of drug-likeness (QED) is 0.872. The lowest BCUT2D eigenvalue weighted by Gasteiger charge is -2.07. The number of amides is 2. The monoisotopic (exact) mass is 343 g/mol. The van der Waals surface area contributed by atoms with Gasteiger partial charge in [-0.3, -0.25) is 9.59 Å². The summed E-state index contributed by atoms with van der Waals surface area (Å²) in [5.41, 5.74) is 2.89. The second kappa shape index (κ2) is 7.57. The summed E-state index contributed by atoms with van der Waals surface area (Å²) >= 11 is 1.45. The van der Waals surface area contributed by atoms with Crippen LogP contribution in [0.15, 0.2) is 29.6 Å². The van der Waals surface area contributed by atoms with Gasteiger partial charge in [-0.25, -0.2) is 4.98 Å². The van der Waals surface area contributed by atoms with Crippen LogP contribution in [0.2, 0.25) is 0 Å². The molecule has 0 spiro atoms. The topological polar surface area (TPSA) is 71.1 Å². The molecule has 0 aliphatic heterocycles. The number of carbonyl (C=O) groups excluding carboxylic acids is 2. The van der Waals surface area contributed by atoms with Crippen LogP contribution in [-0.4, -0.2) is 16.8 Å². The van der Waals surface area contributed by atoms with Crippen LogP contribution in [0.1, 0.15) is 38.2 Å². The van der Waals surface area contributed by atoms with Crippen LogP contribution in [-0.2, 0) is 16.1 Å². The standard InChI is InChI=1S/C18H21N3O2S/c1-12(22)19-10-13-6-8-14(9-7-13)16-11-24-18(20-16)21-17(23)15-4-2-3-5-15/h6-9,11,15H,2-5,10H2,1H3,(H,19,22)(H,20,21,23). The van der Waals surface area contributed by atoms with E-state index in [4.69, 9.17) is 0 Å². The van der Waals surface area contributed by atoms with Crippen molar-refractivity contribution in [2.75, 3.05) is 5.32 Å². The highest BCUT2D eigenvalue weighted by atomic mass is 32.1. The van der Waals surface area contributed by atoms with E-state index in [1.54, 1.807) is 0 Å². The van der Waals surface area contributed by atoms with Gasteiger partial charge in [0.25, 0.3) is 0 Å². The molecule has 1 saturated carbocycles. The van der Waals surface area contributed by atoms with Crippen molar-refractivity contribution in [3.8, 4) is 11.3 Å². The minimum atomic E-state index is -0.0405. The summed E-state index contributed by atoms with van der Waals surface area (Å²) in [4.78, 5) is 27.6. The molecule has 1 aliphatic carbocycles. The fourth-order valence-electron chi connectivity index (χ4n) is 2.88. The predicted molar refractivity (Wildman–Crippen MR) is 95.7 cm³/mol. The highest BCUT2D eigenvalue weighted by Crippen LogP contribution is 2.28. The van der Waals surface area contributed by atoms with Crippen LogP contribution < -0.4 is 10.6 Å². The molecule has 0 atom stereocenters. The summed E-state index contributed by atoms with van der Waals surface area (Å²) in [6.07, 6.45) is 4.26. The van der Waals surface area contributed by atoms with Crippen molar-refractivity contribution in [1.29, 1.82) is 0 Å². The summed E-state index contributed by atoms with van der Waals surface area (Å²) in [5, 5.41) is 8.32. The van der Waals surface area contributed by atoms with E-state index < -0.39 is 0 Å². The zero-order chi connectivity index (χ0) is 16.9. The van der Waals surface area contributed by atoms with E-state index in [-0.39, 0.29) is 17.7 Å². The van der Waals surface area contributed by atoms with Crippen LogP contribution in [0.5, 0.6) is 0 Å². The number of aromatic nitrogens is 1. The second-order valence-electron chi connectivity index (χ2n) is 6.12. The zero-order valence-corrected chi connectivity index (χ0v) is 14.5. The number of thiazole rings is 1. The minimum absolute atomic E-state index is 0.0405. The Balaban J connectivity index is 1.62. The van der Waals surface area contributed by atoms with Crippen LogP contribution in [0, 0.1) is 5.92 Å². The average Bonchev–Trinajstić information content (AvgIpc) is 3.25. The molecule has 1 aromatic heterocycles. The fraction of sp³-hybridized carbons (Fsp3) is 0.389. The fourth-order valence-corrected chi connectivity index (χ4v) is 3.60. The first kappa shape index (κ1) is 16.6.